The van der Waals surface area contributed by atoms with Crippen molar-refractivity contribution in [3.8, 4) is 0 Å². The largest absolute Gasteiger partial charge is 0.268 e. The highest BCUT2D eigenvalue weighted by atomic mass is 127. The van der Waals surface area contributed by atoms with E-state index in [0.717, 1.165) is 14.9 Å². The van der Waals surface area contributed by atoms with Gasteiger partial charge in [-0.1, -0.05) is 11.6 Å². The molecule has 0 aliphatic heterocycles. The van der Waals surface area contributed by atoms with Gasteiger partial charge in [0.05, 0.1) is 5.69 Å². The zero-order chi connectivity index (χ0) is 8.72. The van der Waals surface area contributed by atoms with Crippen LogP contribution in [0.2, 0.25) is 5.15 Å². The van der Waals surface area contributed by atoms with E-state index >= 15 is 0 Å². The lowest BCUT2D eigenvalue weighted by molar-refractivity contribution is 1.07. The topological polar surface area (TPSA) is 54.5 Å². The van der Waals surface area contributed by atoms with Gasteiger partial charge in [0.25, 0.3) is 0 Å². The molecule has 0 amide bonds. The summed E-state index contributed by atoms with van der Waals surface area (Å²) in [6.07, 6.45) is 0. The highest BCUT2D eigenvalue weighted by molar-refractivity contribution is 14.1. The van der Waals surface area contributed by atoms with Crippen LogP contribution in [0, 0.1) is 10.6 Å². The summed E-state index contributed by atoms with van der Waals surface area (Å²) >= 11 is 7.89. The van der Waals surface area contributed by atoms with Crippen molar-refractivity contribution in [3.63, 3.8) is 0 Å². The molecule has 2 aromatic rings. The highest BCUT2D eigenvalue weighted by Crippen LogP contribution is 2.17. The lowest BCUT2D eigenvalue weighted by Crippen LogP contribution is -1.88. The zero-order valence-electron chi connectivity index (χ0n) is 6.10. The summed E-state index contributed by atoms with van der Waals surface area (Å²) in [5.74, 6) is 0. The molecule has 0 fully saturated rings. The molecule has 0 saturated heterocycles. The summed E-state index contributed by atoms with van der Waals surface area (Å²) in [6.45, 7) is 1.82. The first-order valence-electron chi connectivity index (χ1n) is 3.22. The summed E-state index contributed by atoms with van der Waals surface area (Å²) in [5.41, 5.74) is 2.07. The molecule has 4 nitrogen and oxygen atoms in total. The van der Waals surface area contributed by atoms with E-state index in [1.807, 2.05) is 6.92 Å². The van der Waals surface area contributed by atoms with Gasteiger partial charge in [0.2, 0.25) is 5.65 Å². The number of fused-ring (bicyclic) bond motifs is 1. The number of rotatable bonds is 0. The number of halogens is 2. The maximum absolute atomic E-state index is 5.77. The van der Waals surface area contributed by atoms with Gasteiger partial charge in [0.15, 0.2) is 5.15 Å². The molecule has 6 heteroatoms. The zero-order valence-corrected chi connectivity index (χ0v) is 9.01. The Labute approximate surface area is 86.9 Å². The van der Waals surface area contributed by atoms with Crippen LogP contribution in [-0.2, 0) is 0 Å². The van der Waals surface area contributed by atoms with E-state index in [0.29, 0.717) is 10.8 Å². The van der Waals surface area contributed by atoms with Gasteiger partial charge >= 0.3 is 0 Å². The minimum atomic E-state index is 0.408. The van der Waals surface area contributed by atoms with Crippen LogP contribution in [0.1, 0.15) is 5.69 Å². The molecule has 0 spiro atoms. The van der Waals surface area contributed by atoms with Gasteiger partial charge in [-0.25, -0.2) is 9.97 Å². The van der Waals surface area contributed by atoms with E-state index in [1.165, 1.54) is 0 Å². The quantitative estimate of drug-likeness (QED) is 0.755. The van der Waals surface area contributed by atoms with Crippen LogP contribution in [0.25, 0.3) is 11.2 Å². The number of H-pyrrole nitrogens is 1. The molecule has 2 aromatic heterocycles. The Morgan fingerprint density at radius 1 is 1.42 bits per heavy atom. The third-order valence-electron chi connectivity index (χ3n) is 1.46. The van der Waals surface area contributed by atoms with Crippen molar-refractivity contribution in [2.45, 2.75) is 6.92 Å². The first-order chi connectivity index (χ1) is 5.68. The van der Waals surface area contributed by atoms with Gasteiger partial charge < -0.3 is 0 Å². The molecule has 0 saturated carbocycles. The van der Waals surface area contributed by atoms with E-state index in [2.05, 4.69) is 42.8 Å². The van der Waals surface area contributed by atoms with E-state index in [4.69, 9.17) is 11.6 Å². The average molecular weight is 294 g/mol. The molecule has 0 aromatic carbocycles. The predicted molar refractivity (Wildman–Crippen MR) is 54.1 cm³/mol. The lowest BCUT2D eigenvalue weighted by Gasteiger charge is -1.93. The van der Waals surface area contributed by atoms with Crippen LogP contribution in [0.15, 0.2) is 0 Å². The fraction of sp³-hybridized carbons (Fsp3) is 0.167. The van der Waals surface area contributed by atoms with Crippen LogP contribution >= 0.6 is 34.2 Å². The van der Waals surface area contributed by atoms with Gasteiger partial charge in [-0.05, 0) is 29.5 Å². The van der Waals surface area contributed by atoms with Gasteiger partial charge in [0, 0.05) is 0 Å². The van der Waals surface area contributed by atoms with Crippen molar-refractivity contribution in [1.29, 1.82) is 0 Å². The SMILES string of the molecule is Cc1nc2c(I)[nH]nc2nc1Cl. The fourth-order valence-electron chi connectivity index (χ4n) is 0.871. The van der Waals surface area contributed by atoms with Crippen molar-refractivity contribution in [2.24, 2.45) is 0 Å². The molecule has 0 atom stereocenters. The van der Waals surface area contributed by atoms with E-state index in [1.54, 1.807) is 0 Å². The van der Waals surface area contributed by atoms with Crippen LogP contribution in [-0.4, -0.2) is 20.2 Å². The third-order valence-corrected chi connectivity index (χ3v) is 2.57. The maximum Gasteiger partial charge on any atom is 0.202 e. The molecule has 12 heavy (non-hydrogen) atoms. The van der Waals surface area contributed by atoms with E-state index in [9.17, 15) is 0 Å². The summed E-state index contributed by atoms with van der Waals surface area (Å²) in [4.78, 5) is 8.29. The Morgan fingerprint density at radius 2 is 2.17 bits per heavy atom. The maximum atomic E-state index is 5.77. The highest BCUT2D eigenvalue weighted by Gasteiger charge is 2.07. The average Bonchev–Trinajstić information content (AvgIpc) is 2.35. The number of nitrogens with zero attached hydrogens (tertiary/aromatic N) is 3. The molecule has 1 N–H and O–H groups in total. The van der Waals surface area contributed by atoms with Crippen LogP contribution in [0.4, 0.5) is 0 Å². The molecule has 0 bridgehead atoms. The van der Waals surface area contributed by atoms with Crippen LogP contribution in [0.5, 0.6) is 0 Å². The number of aryl methyl sites for hydroxylation is 1. The van der Waals surface area contributed by atoms with Gasteiger partial charge in [0.1, 0.15) is 9.22 Å². The predicted octanol–water partition coefficient (Wildman–Crippen LogP) is 1.92. The molecule has 0 aliphatic carbocycles. The second-order valence-corrected chi connectivity index (χ2v) is 3.75. The second kappa shape index (κ2) is 2.81. The molecule has 62 valence electrons. The van der Waals surface area contributed by atoms with Gasteiger partial charge in [-0.2, -0.15) is 5.10 Å². The first-order valence-corrected chi connectivity index (χ1v) is 4.68. The van der Waals surface area contributed by atoms with Crippen LogP contribution in [0.3, 0.4) is 0 Å². The Bertz CT molecular complexity index is 438. The fourth-order valence-corrected chi connectivity index (χ4v) is 1.48. The molecule has 2 rings (SSSR count). The van der Waals surface area contributed by atoms with Gasteiger partial charge in [-0.15, -0.1) is 0 Å². The summed E-state index contributed by atoms with van der Waals surface area (Å²) in [7, 11) is 0. The molecule has 0 unspecified atom stereocenters. The third kappa shape index (κ3) is 1.16. The number of aromatic nitrogens is 4. The lowest BCUT2D eigenvalue weighted by atomic mass is 10.5. The van der Waals surface area contributed by atoms with Crippen molar-refractivity contribution in [1.82, 2.24) is 20.2 Å². The number of nitrogens with one attached hydrogen (secondary N) is 1. The first kappa shape index (κ1) is 8.18. The monoisotopic (exact) mass is 294 g/mol. The number of hydrogen-bond donors (Lipinski definition) is 1. The Kier molecular flexibility index (Phi) is 1.91. The van der Waals surface area contributed by atoms with E-state index in [-0.39, 0.29) is 0 Å². The smallest absolute Gasteiger partial charge is 0.202 e. The van der Waals surface area contributed by atoms with Crippen molar-refractivity contribution in [3.05, 3.63) is 14.5 Å². The normalized spacial score (nSPS) is 10.9. The Balaban J connectivity index is 2.87. The second-order valence-electron chi connectivity index (χ2n) is 2.31. The van der Waals surface area contributed by atoms with Crippen molar-refractivity contribution >= 4 is 45.4 Å². The van der Waals surface area contributed by atoms with E-state index < -0.39 is 0 Å². The molecule has 0 aliphatic rings. The molecule has 2 heterocycles. The molecular weight excluding hydrogens is 290 g/mol. The van der Waals surface area contributed by atoms with Crippen molar-refractivity contribution in [2.75, 3.05) is 0 Å². The minimum absolute atomic E-state index is 0.408. The Morgan fingerprint density at radius 3 is 2.92 bits per heavy atom. The summed E-state index contributed by atoms with van der Waals surface area (Å²) < 4.78 is 0.884. The minimum Gasteiger partial charge on any atom is -0.268 e. The van der Waals surface area contributed by atoms with Crippen molar-refractivity contribution < 1.29 is 0 Å². The summed E-state index contributed by atoms with van der Waals surface area (Å²) in [5, 5.41) is 7.12. The standard InChI is InChI=1S/C6H4ClIN4/c1-2-4(7)10-6-3(9-2)5(8)11-12-6/h1H3,(H,10,11,12). The number of hydrogen-bond acceptors (Lipinski definition) is 3. The Hall–Kier alpha value is -0.430. The number of aromatic amines is 1. The molecule has 0 radical (unpaired) electrons. The summed E-state index contributed by atoms with van der Waals surface area (Å²) in [6, 6.07) is 0. The van der Waals surface area contributed by atoms with Crippen LogP contribution < -0.4 is 0 Å². The van der Waals surface area contributed by atoms with Gasteiger partial charge in [-0.3, -0.25) is 5.10 Å². The molecular formula is C6H4ClIN4.